The predicted molar refractivity (Wildman–Crippen MR) is 106 cm³/mol. The van der Waals surface area contributed by atoms with Crippen molar-refractivity contribution < 1.29 is 27.4 Å². The van der Waals surface area contributed by atoms with Crippen molar-refractivity contribution in [3.63, 3.8) is 0 Å². The van der Waals surface area contributed by atoms with Crippen LogP contribution < -0.4 is 14.8 Å². The van der Waals surface area contributed by atoms with E-state index in [-0.39, 0.29) is 18.1 Å². The van der Waals surface area contributed by atoms with Gasteiger partial charge in [0.25, 0.3) is 17.4 Å². The molecular formula is C21H20F3N5O3. The van der Waals surface area contributed by atoms with Crippen LogP contribution in [0.1, 0.15) is 48.5 Å². The molecule has 0 atom stereocenters. The molecule has 0 radical (unpaired) electrons. The molecule has 1 amide bonds. The van der Waals surface area contributed by atoms with Gasteiger partial charge in [0.2, 0.25) is 5.91 Å². The van der Waals surface area contributed by atoms with Crippen LogP contribution in [0.2, 0.25) is 0 Å². The number of anilines is 1. The molecule has 0 saturated heterocycles. The minimum Gasteiger partial charge on any atom is -0.448 e. The molecule has 2 aliphatic rings. The van der Waals surface area contributed by atoms with Gasteiger partial charge < -0.3 is 14.8 Å². The second kappa shape index (κ2) is 7.07. The van der Waals surface area contributed by atoms with Crippen molar-refractivity contribution in [2.24, 2.45) is 0 Å². The van der Waals surface area contributed by atoms with Gasteiger partial charge in [-0.25, -0.2) is 9.50 Å². The van der Waals surface area contributed by atoms with Gasteiger partial charge in [-0.15, -0.1) is 5.10 Å². The van der Waals surface area contributed by atoms with Crippen LogP contribution in [0.15, 0.2) is 18.2 Å². The summed E-state index contributed by atoms with van der Waals surface area (Å²) in [5.74, 6) is -1.13. The highest BCUT2D eigenvalue weighted by atomic mass is 19.4. The summed E-state index contributed by atoms with van der Waals surface area (Å²) in [6, 6.07) is 5.20. The van der Waals surface area contributed by atoms with Gasteiger partial charge in [-0.3, -0.25) is 4.79 Å². The number of hydrogen-bond donors (Lipinski definition) is 1. The normalized spacial score (nSPS) is 16.8. The summed E-state index contributed by atoms with van der Waals surface area (Å²) in [7, 11) is 0. The number of amides is 1. The van der Waals surface area contributed by atoms with Crippen LogP contribution in [0.5, 0.6) is 11.5 Å². The number of nitrogens with zero attached hydrogens (tertiary/aromatic N) is 4. The van der Waals surface area contributed by atoms with E-state index in [0.717, 1.165) is 30.2 Å². The standard InChI is InChI=1S/C21H20F3N5O3/c1-11-14(12(2)29-19(25-11)27-18(28-29)21(22,23)24)10-17(30)26-13-5-6-15-16(9-13)32-20(31-15)7-3-4-8-20/h5-6,9H,3-4,7-8,10H2,1-2H3,(H,26,30). The van der Waals surface area contributed by atoms with Crippen LogP contribution in [-0.2, 0) is 17.4 Å². The summed E-state index contributed by atoms with van der Waals surface area (Å²) in [5, 5.41) is 6.31. The molecule has 8 nitrogen and oxygen atoms in total. The maximum absolute atomic E-state index is 13.0. The van der Waals surface area contributed by atoms with Crippen LogP contribution in [0.3, 0.4) is 0 Å². The lowest BCUT2D eigenvalue weighted by Crippen LogP contribution is -2.34. The molecule has 1 spiro atoms. The first-order valence-electron chi connectivity index (χ1n) is 10.3. The first-order chi connectivity index (χ1) is 15.1. The molecule has 1 aliphatic carbocycles. The van der Waals surface area contributed by atoms with Gasteiger partial charge in [-0.05, 0) is 38.8 Å². The Morgan fingerprint density at radius 3 is 2.59 bits per heavy atom. The maximum atomic E-state index is 13.0. The fourth-order valence-corrected chi connectivity index (χ4v) is 4.24. The highest BCUT2D eigenvalue weighted by Crippen LogP contribution is 2.47. The highest BCUT2D eigenvalue weighted by Gasteiger charge is 2.44. The molecular weight excluding hydrogens is 427 g/mol. The molecule has 1 fully saturated rings. The van der Waals surface area contributed by atoms with Crippen LogP contribution in [0.4, 0.5) is 18.9 Å². The monoisotopic (exact) mass is 447 g/mol. The Kier molecular flexibility index (Phi) is 4.54. The van der Waals surface area contributed by atoms with Gasteiger partial charge in [0, 0.05) is 41.5 Å². The Bertz CT molecular complexity index is 1230. The number of nitrogens with one attached hydrogen (secondary N) is 1. The van der Waals surface area contributed by atoms with Crippen molar-refractivity contribution in [2.75, 3.05) is 5.32 Å². The molecule has 1 aliphatic heterocycles. The van der Waals surface area contributed by atoms with Gasteiger partial charge in [-0.1, -0.05) is 0 Å². The third-order valence-corrected chi connectivity index (χ3v) is 5.82. The molecule has 1 saturated carbocycles. The van der Waals surface area contributed by atoms with E-state index in [9.17, 15) is 18.0 Å². The van der Waals surface area contributed by atoms with Gasteiger partial charge >= 0.3 is 6.18 Å². The number of carbonyl (C=O) groups excluding carboxylic acids is 1. The van der Waals surface area contributed by atoms with E-state index in [1.165, 1.54) is 0 Å². The van der Waals surface area contributed by atoms with Crippen LogP contribution in [0, 0.1) is 13.8 Å². The lowest BCUT2D eigenvalue weighted by molar-refractivity contribution is -0.144. The fourth-order valence-electron chi connectivity index (χ4n) is 4.24. The Morgan fingerprint density at radius 2 is 1.88 bits per heavy atom. The molecule has 1 N–H and O–H groups in total. The predicted octanol–water partition coefficient (Wildman–Crippen LogP) is 3.98. The van der Waals surface area contributed by atoms with Crippen molar-refractivity contribution in [1.82, 2.24) is 19.6 Å². The van der Waals surface area contributed by atoms with Crippen LogP contribution in [-0.4, -0.2) is 31.3 Å². The zero-order valence-corrected chi connectivity index (χ0v) is 17.4. The number of benzene rings is 1. The van der Waals surface area contributed by atoms with E-state index in [1.54, 1.807) is 32.0 Å². The molecule has 5 rings (SSSR count). The van der Waals surface area contributed by atoms with Crippen LogP contribution in [0.25, 0.3) is 5.78 Å². The molecule has 3 aromatic rings. The number of aryl methyl sites for hydroxylation is 2. The Labute approximate surface area is 180 Å². The summed E-state index contributed by atoms with van der Waals surface area (Å²) in [6.07, 6.45) is -1.01. The first kappa shape index (κ1) is 20.5. The number of halogens is 3. The lowest BCUT2D eigenvalue weighted by Gasteiger charge is -2.21. The number of fused-ring (bicyclic) bond motifs is 2. The number of alkyl halides is 3. The van der Waals surface area contributed by atoms with E-state index >= 15 is 0 Å². The Balaban J connectivity index is 1.35. The zero-order valence-electron chi connectivity index (χ0n) is 17.4. The molecule has 3 heterocycles. The minimum atomic E-state index is -4.68. The summed E-state index contributed by atoms with van der Waals surface area (Å²) in [4.78, 5) is 20.2. The zero-order chi connectivity index (χ0) is 22.7. The third-order valence-electron chi connectivity index (χ3n) is 5.82. The summed E-state index contributed by atoms with van der Waals surface area (Å²) in [5.41, 5.74) is 1.82. The quantitative estimate of drug-likeness (QED) is 0.653. The molecule has 32 heavy (non-hydrogen) atoms. The smallest absolute Gasteiger partial charge is 0.448 e. The summed E-state index contributed by atoms with van der Waals surface area (Å²) >= 11 is 0. The minimum absolute atomic E-state index is 0.0831. The van der Waals surface area contributed by atoms with E-state index in [0.29, 0.717) is 34.1 Å². The van der Waals surface area contributed by atoms with Crippen molar-refractivity contribution in [2.45, 2.75) is 57.9 Å². The molecule has 11 heteroatoms. The number of hydrogen-bond acceptors (Lipinski definition) is 6. The molecule has 168 valence electrons. The number of rotatable bonds is 3. The first-order valence-corrected chi connectivity index (χ1v) is 10.3. The number of aromatic nitrogens is 4. The maximum Gasteiger partial charge on any atom is 0.453 e. The van der Waals surface area contributed by atoms with Gasteiger partial charge in [0.15, 0.2) is 11.5 Å². The molecule has 1 aromatic carbocycles. The van der Waals surface area contributed by atoms with E-state index in [2.05, 4.69) is 20.4 Å². The lowest BCUT2D eigenvalue weighted by atomic mass is 10.1. The fraction of sp³-hybridized carbons (Fsp3) is 0.429. The van der Waals surface area contributed by atoms with Gasteiger partial charge in [-0.2, -0.15) is 18.2 Å². The summed E-state index contributed by atoms with van der Waals surface area (Å²) < 4.78 is 51.9. The van der Waals surface area contributed by atoms with Crippen LogP contribution >= 0.6 is 0 Å². The Hall–Kier alpha value is -3.37. The SMILES string of the molecule is Cc1nc2nc(C(F)(F)F)nn2c(C)c1CC(=O)Nc1ccc2c(c1)OC1(CCCC1)O2. The van der Waals surface area contributed by atoms with Crippen molar-refractivity contribution in [1.29, 1.82) is 0 Å². The van der Waals surface area contributed by atoms with Gasteiger partial charge in [0.1, 0.15) is 0 Å². The molecule has 0 unspecified atom stereocenters. The Morgan fingerprint density at radius 1 is 1.16 bits per heavy atom. The number of ether oxygens (including phenoxy) is 2. The largest absolute Gasteiger partial charge is 0.453 e. The van der Waals surface area contributed by atoms with Crippen molar-refractivity contribution >= 4 is 17.4 Å². The van der Waals surface area contributed by atoms with Gasteiger partial charge in [0.05, 0.1) is 6.42 Å². The second-order valence-electron chi connectivity index (χ2n) is 8.11. The van der Waals surface area contributed by atoms with E-state index in [4.69, 9.17) is 9.47 Å². The van der Waals surface area contributed by atoms with Crippen molar-refractivity contribution in [3.05, 3.63) is 41.0 Å². The summed E-state index contributed by atoms with van der Waals surface area (Å²) in [6.45, 7) is 3.21. The highest BCUT2D eigenvalue weighted by molar-refractivity contribution is 5.93. The average molecular weight is 447 g/mol. The second-order valence-corrected chi connectivity index (χ2v) is 8.11. The van der Waals surface area contributed by atoms with Crippen molar-refractivity contribution in [3.8, 4) is 11.5 Å². The average Bonchev–Trinajstić information content (AvgIpc) is 3.43. The topological polar surface area (TPSA) is 90.6 Å². The third kappa shape index (κ3) is 3.51. The molecule has 0 bridgehead atoms. The van der Waals surface area contributed by atoms with E-state index in [1.807, 2.05) is 0 Å². The molecule has 2 aromatic heterocycles. The number of carbonyl (C=O) groups is 1. The van der Waals surface area contributed by atoms with E-state index < -0.39 is 17.8 Å².